The summed E-state index contributed by atoms with van der Waals surface area (Å²) in [6, 6.07) is 9.47. The van der Waals surface area contributed by atoms with E-state index in [1.165, 1.54) is 11.3 Å². The number of halogens is 1. The van der Waals surface area contributed by atoms with Crippen molar-refractivity contribution in [3.63, 3.8) is 0 Å². The van der Waals surface area contributed by atoms with Crippen LogP contribution in [0.1, 0.15) is 30.4 Å². The SMILES string of the molecule is CO[C@@H](CNC(=O)COc1cccc2c1OC(C)(C)C2)c1ccc(Cl)s1. The molecule has 0 radical (unpaired) electrons. The Morgan fingerprint density at radius 2 is 2.19 bits per heavy atom. The van der Waals surface area contributed by atoms with E-state index in [4.69, 9.17) is 25.8 Å². The number of thiophene rings is 1. The number of amides is 1. The van der Waals surface area contributed by atoms with Crippen LogP contribution in [0, 0.1) is 0 Å². The molecule has 1 N–H and O–H groups in total. The molecule has 140 valence electrons. The highest BCUT2D eigenvalue weighted by Gasteiger charge is 2.32. The van der Waals surface area contributed by atoms with Crippen molar-refractivity contribution >= 4 is 28.8 Å². The van der Waals surface area contributed by atoms with E-state index < -0.39 is 0 Å². The fourth-order valence-electron chi connectivity index (χ4n) is 2.90. The van der Waals surface area contributed by atoms with Crippen LogP contribution in [0.15, 0.2) is 30.3 Å². The van der Waals surface area contributed by atoms with Crippen LogP contribution in [-0.2, 0) is 16.0 Å². The molecule has 26 heavy (non-hydrogen) atoms. The highest BCUT2D eigenvalue weighted by molar-refractivity contribution is 7.16. The summed E-state index contributed by atoms with van der Waals surface area (Å²) in [6.45, 7) is 4.34. The number of para-hydroxylation sites is 1. The molecule has 0 bridgehead atoms. The molecule has 5 nitrogen and oxygen atoms in total. The van der Waals surface area contributed by atoms with Crippen molar-refractivity contribution in [3.8, 4) is 11.5 Å². The van der Waals surface area contributed by atoms with Crippen molar-refractivity contribution in [2.24, 2.45) is 0 Å². The Morgan fingerprint density at radius 3 is 2.88 bits per heavy atom. The topological polar surface area (TPSA) is 56.8 Å². The lowest BCUT2D eigenvalue weighted by molar-refractivity contribution is -0.123. The molecule has 2 aromatic rings. The lowest BCUT2D eigenvalue weighted by atomic mass is 10.0. The Bertz CT molecular complexity index is 790. The second-order valence-electron chi connectivity index (χ2n) is 6.74. The smallest absolute Gasteiger partial charge is 0.258 e. The maximum absolute atomic E-state index is 12.1. The molecule has 0 unspecified atom stereocenters. The Kier molecular flexibility index (Phi) is 5.75. The molecule has 0 fully saturated rings. The quantitative estimate of drug-likeness (QED) is 0.769. The first-order chi connectivity index (χ1) is 12.4. The maximum atomic E-state index is 12.1. The number of rotatable bonds is 7. The van der Waals surface area contributed by atoms with Crippen molar-refractivity contribution in [2.75, 3.05) is 20.3 Å². The standard InChI is InChI=1S/C19H22ClNO4S/c1-19(2)9-12-5-4-6-13(18(12)25-19)24-11-17(22)21-10-14(23-3)15-7-8-16(20)26-15/h4-8,14H,9-11H2,1-3H3,(H,21,22)/t14-/m0/s1. The molecule has 1 amide bonds. The number of hydrogen-bond acceptors (Lipinski definition) is 5. The second-order valence-corrected chi connectivity index (χ2v) is 8.49. The summed E-state index contributed by atoms with van der Waals surface area (Å²) in [5, 5.41) is 2.83. The summed E-state index contributed by atoms with van der Waals surface area (Å²) < 4.78 is 17.7. The van der Waals surface area contributed by atoms with Crippen LogP contribution in [0.4, 0.5) is 0 Å². The average Bonchev–Trinajstić information content (AvgIpc) is 3.15. The molecule has 0 spiro atoms. The fourth-order valence-corrected chi connectivity index (χ4v) is 4.04. The van der Waals surface area contributed by atoms with E-state index >= 15 is 0 Å². The van der Waals surface area contributed by atoms with E-state index in [1.54, 1.807) is 7.11 Å². The predicted octanol–water partition coefficient (Wildman–Crippen LogP) is 4.00. The van der Waals surface area contributed by atoms with Crippen molar-refractivity contribution in [3.05, 3.63) is 45.1 Å². The van der Waals surface area contributed by atoms with Crippen molar-refractivity contribution in [2.45, 2.75) is 32.0 Å². The minimum atomic E-state index is -0.252. The van der Waals surface area contributed by atoms with Gasteiger partial charge in [0, 0.05) is 30.5 Å². The van der Waals surface area contributed by atoms with Gasteiger partial charge >= 0.3 is 0 Å². The van der Waals surface area contributed by atoms with Gasteiger partial charge in [0.05, 0.1) is 4.34 Å². The number of nitrogens with one attached hydrogen (secondary N) is 1. The minimum Gasteiger partial charge on any atom is -0.483 e. The van der Waals surface area contributed by atoms with Crippen LogP contribution in [0.3, 0.4) is 0 Å². The third kappa shape index (κ3) is 4.50. The average molecular weight is 396 g/mol. The largest absolute Gasteiger partial charge is 0.483 e. The van der Waals surface area contributed by atoms with Crippen molar-refractivity contribution in [1.29, 1.82) is 0 Å². The highest BCUT2D eigenvalue weighted by atomic mass is 35.5. The van der Waals surface area contributed by atoms with Crippen LogP contribution < -0.4 is 14.8 Å². The van der Waals surface area contributed by atoms with E-state index in [9.17, 15) is 4.79 Å². The first-order valence-corrected chi connectivity index (χ1v) is 9.56. The van der Waals surface area contributed by atoms with Crippen molar-refractivity contribution in [1.82, 2.24) is 5.32 Å². The molecule has 0 saturated carbocycles. The molecular weight excluding hydrogens is 374 g/mol. The summed E-state index contributed by atoms with van der Waals surface area (Å²) in [7, 11) is 1.60. The lowest BCUT2D eigenvalue weighted by Gasteiger charge is -2.18. The van der Waals surface area contributed by atoms with Gasteiger partial charge in [0.1, 0.15) is 11.7 Å². The van der Waals surface area contributed by atoms with E-state index in [2.05, 4.69) is 5.32 Å². The molecule has 0 aliphatic carbocycles. The van der Waals surface area contributed by atoms with Crippen LogP contribution in [-0.4, -0.2) is 31.8 Å². The van der Waals surface area contributed by atoms with E-state index in [-0.39, 0.29) is 24.2 Å². The summed E-state index contributed by atoms with van der Waals surface area (Å²) in [5.74, 6) is 1.11. The van der Waals surface area contributed by atoms with Gasteiger partial charge in [-0.25, -0.2) is 0 Å². The number of hydrogen-bond donors (Lipinski definition) is 1. The van der Waals surface area contributed by atoms with E-state index in [0.717, 1.165) is 22.6 Å². The Hall–Kier alpha value is -1.76. The number of ether oxygens (including phenoxy) is 3. The van der Waals surface area contributed by atoms with Gasteiger partial charge in [-0.1, -0.05) is 23.7 Å². The van der Waals surface area contributed by atoms with Gasteiger partial charge in [-0.2, -0.15) is 0 Å². The van der Waals surface area contributed by atoms with Crippen LogP contribution in [0.25, 0.3) is 0 Å². The first kappa shape index (κ1) is 19.0. The molecule has 1 aromatic heterocycles. The lowest BCUT2D eigenvalue weighted by Crippen LogP contribution is -2.32. The number of carbonyl (C=O) groups excluding carboxylic acids is 1. The summed E-state index contributed by atoms with van der Waals surface area (Å²) in [6.07, 6.45) is 0.589. The predicted molar refractivity (Wildman–Crippen MR) is 102 cm³/mol. The number of methoxy groups -OCH3 is 1. The molecule has 0 saturated heterocycles. The summed E-state index contributed by atoms with van der Waals surface area (Å²) in [4.78, 5) is 13.1. The van der Waals surface area contributed by atoms with Crippen LogP contribution in [0.2, 0.25) is 4.34 Å². The first-order valence-electron chi connectivity index (χ1n) is 8.36. The maximum Gasteiger partial charge on any atom is 0.258 e. The number of fused-ring (bicyclic) bond motifs is 1. The Labute approximate surface area is 162 Å². The minimum absolute atomic E-state index is 0.0815. The van der Waals surface area contributed by atoms with Crippen LogP contribution >= 0.6 is 22.9 Å². The molecule has 1 aliphatic heterocycles. The van der Waals surface area contributed by atoms with Crippen molar-refractivity contribution < 1.29 is 19.0 Å². The normalized spacial score (nSPS) is 15.8. The van der Waals surface area contributed by atoms with E-state index in [0.29, 0.717) is 16.6 Å². The molecule has 1 atom stereocenters. The highest BCUT2D eigenvalue weighted by Crippen LogP contribution is 2.41. The van der Waals surface area contributed by atoms with Gasteiger partial charge in [-0.05, 0) is 32.0 Å². The van der Waals surface area contributed by atoms with E-state index in [1.807, 2.05) is 44.2 Å². The Morgan fingerprint density at radius 1 is 1.38 bits per heavy atom. The third-order valence-electron chi connectivity index (χ3n) is 4.09. The zero-order valence-corrected chi connectivity index (χ0v) is 16.6. The van der Waals surface area contributed by atoms with Gasteiger partial charge in [0.2, 0.25) is 0 Å². The Balaban J connectivity index is 1.53. The van der Waals surface area contributed by atoms with Gasteiger partial charge in [0.25, 0.3) is 5.91 Å². The molecule has 1 aromatic carbocycles. The van der Waals surface area contributed by atoms with Gasteiger partial charge in [0.15, 0.2) is 18.1 Å². The zero-order chi connectivity index (χ0) is 18.7. The van der Waals surface area contributed by atoms with Gasteiger partial charge in [-0.15, -0.1) is 11.3 Å². The number of benzene rings is 1. The van der Waals surface area contributed by atoms with Gasteiger partial charge < -0.3 is 19.5 Å². The molecule has 1 aliphatic rings. The van der Waals surface area contributed by atoms with Crippen LogP contribution in [0.5, 0.6) is 11.5 Å². The summed E-state index contributed by atoms with van der Waals surface area (Å²) in [5.41, 5.74) is 0.847. The molecule has 2 heterocycles. The molecular formula is C19H22ClNO4S. The monoisotopic (exact) mass is 395 g/mol. The fraction of sp³-hybridized carbons (Fsp3) is 0.421. The van der Waals surface area contributed by atoms with Gasteiger partial charge in [-0.3, -0.25) is 4.79 Å². The summed E-state index contributed by atoms with van der Waals surface area (Å²) >= 11 is 7.39. The number of carbonyl (C=O) groups is 1. The third-order valence-corrected chi connectivity index (χ3v) is 5.42. The molecule has 3 rings (SSSR count). The molecule has 7 heteroatoms. The second kappa shape index (κ2) is 7.86. The zero-order valence-electron chi connectivity index (χ0n) is 15.0.